The van der Waals surface area contributed by atoms with Gasteiger partial charge in [0.05, 0.1) is 34.8 Å². The maximum absolute atomic E-state index is 13.8. The first-order valence-electron chi connectivity index (χ1n) is 10.6. The maximum Gasteiger partial charge on any atom is 0.374 e. The minimum Gasteiger partial charge on any atom is -0.460 e. The van der Waals surface area contributed by atoms with Crippen LogP contribution in [0.25, 0.3) is 11.0 Å². The van der Waals surface area contributed by atoms with E-state index >= 15 is 0 Å². The first-order valence-corrected chi connectivity index (χ1v) is 12.1. The van der Waals surface area contributed by atoms with Crippen LogP contribution in [0, 0.1) is 6.92 Å². The summed E-state index contributed by atoms with van der Waals surface area (Å²) in [4.78, 5) is 24.3. The average Bonchev–Trinajstić information content (AvgIpc) is 3.37. The van der Waals surface area contributed by atoms with Gasteiger partial charge >= 0.3 is 11.7 Å². The number of nitrogens with zero attached hydrogens (tertiary/aromatic N) is 3. The number of benzene rings is 2. The number of aromatic nitrogens is 2. The lowest BCUT2D eigenvalue weighted by molar-refractivity contribution is 0.0488. The summed E-state index contributed by atoms with van der Waals surface area (Å²) in [5.41, 5.74) is 2.28. The van der Waals surface area contributed by atoms with E-state index in [9.17, 15) is 18.0 Å². The highest BCUT2D eigenvalue weighted by molar-refractivity contribution is 7.92. The zero-order chi connectivity index (χ0) is 24.6. The number of carbonyl (C=O) groups excluding carboxylic acids is 1. The maximum atomic E-state index is 13.8. The van der Waals surface area contributed by atoms with Gasteiger partial charge in [0.2, 0.25) is 5.76 Å². The van der Waals surface area contributed by atoms with Gasteiger partial charge in [-0.05, 0) is 56.3 Å². The summed E-state index contributed by atoms with van der Waals surface area (Å²) in [5.74, 6) is -0.340. The molecule has 0 bridgehead atoms. The van der Waals surface area contributed by atoms with Crippen LogP contribution in [-0.4, -0.2) is 30.1 Å². The Hall–Kier alpha value is -3.79. The predicted octanol–water partition coefficient (Wildman–Crippen LogP) is 3.35. The van der Waals surface area contributed by atoms with Crippen molar-refractivity contribution in [3.63, 3.8) is 0 Å². The first kappa shape index (κ1) is 23.4. The summed E-state index contributed by atoms with van der Waals surface area (Å²) in [7, 11) is -0.835. The summed E-state index contributed by atoms with van der Waals surface area (Å²) < 4.78 is 42.2. The molecule has 9 nitrogen and oxygen atoms in total. The topological polar surface area (TPSA) is 104 Å². The van der Waals surface area contributed by atoms with E-state index in [1.54, 1.807) is 45.3 Å². The summed E-state index contributed by atoms with van der Waals surface area (Å²) in [5, 5.41) is 0. The molecule has 0 aliphatic carbocycles. The lowest BCUT2D eigenvalue weighted by Crippen LogP contribution is -2.30. The van der Waals surface area contributed by atoms with Gasteiger partial charge in [-0.3, -0.25) is 13.4 Å². The molecule has 0 radical (unpaired) electrons. The number of rotatable bonds is 7. The summed E-state index contributed by atoms with van der Waals surface area (Å²) in [6, 6.07) is 14.6. The normalized spacial score (nSPS) is 11.6. The van der Waals surface area contributed by atoms with Crippen molar-refractivity contribution in [3.05, 3.63) is 82.2 Å². The molecule has 34 heavy (non-hydrogen) atoms. The van der Waals surface area contributed by atoms with Gasteiger partial charge < -0.3 is 9.15 Å². The van der Waals surface area contributed by atoms with Crippen LogP contribution in [0.1, 0.15) is 28.8 Å². The molecule has 0 N–H and O–H groups in total. The molecule has 10 heteroatoms. The van der Waals surface area contributed by atoms with Crippen molar-refractivity contribution in [1.29, 1.82) is 0 Å². The van der Waals surface area contributed by atoms with E-state index in [-0.39, 0.29) is 35.3 Å². The molecule has 0 amide bonds. The molecule has 0 saturated carbocycles. The number of furan rings is 1. The van der Waals surface area contributed by atoms with Crippen LogP contribution in [0.3, 0.4) is 0 Å². The van der Waals surface area contributed by atoms with E-state index < -0.39 is 16.0 Å². The van der Waals surface area contributed by atoms with Crippen LogP contribution in [0.2, 0.25) is 0 Å². The number of imidazole rings is 1. The monoisotopic (exact) mass is 483 g/mol. The Morgan fingerprint density at radius 1 is 1.00 bits per heavy atom. The Balaban J connectivity index is 1.79. The second-order valence-corrected chi connectivity index (χ2v) is 9.75. The van der Waals surface area contributed by atoms with Crippen molar-refractivity contribution in [2.24, 2.45) is 14.1 Å². The number of esters is 1. The lowest BCUT2D eigenvalue weighted by atomic mass is 10.2. The Bertz CT molecular complexity index is 1530. The van der Waals surface area contributed by atoms with Crippen molar-refractivity contribution in [2.45, 2.75) is 25.3 Å². The van der Waals surface area contributed by atoms with E-state index in [4.69, 9.17) is 9.15 Å². The van der Waals surface area contributed by atoms with Gasteiger partial charge in [0, 0.05) is 14.1 Å². The third kappa shape index (κ3) is 4.12. The van der Waals surface area contributed by atoms with Gasteiger partial charge in [-0.25, -0.2) is 18.0 Å². The van der Waals surface area contributed by atoms with Gasteiger partial charge in [0.1, 0.15) is 5.76 Å². The fourth-order valence-corrected chi connectivity index (χ4v) is 5.17. The summed E-state index contributed by atoms with van der Waals surface area (Å²) in [6.07, 6.45) is 0. The highest BCUT2D eigenvalue weighted by Gasteiger charge is 2.28. The van der Waals surface area contributed by atoms with Gasteiger partial charge in [0.15, 0.2) is 0 Å². The number of carbonyl (C=O) groups is 1. The second kappa shape index (κ2) is 8.86. The number of hydrogen-bond donors (Lipinski definition) is 0. The number of sulfonamides is 1. The number of anilines is 1. The van der Waals surface area contributed by atoms with E-state index in [0.717, 1.165) is 5.56 Å². The molecule has 4 rings (SSSR count). The van der Waals surface area contributed by atoms with Crippen molar-refractivity contribution in [2.75, 3.05) is 10.9 Å². The fourth-order valence-electron chi connectivity index (χ4n) is 3.72. The molecule has 0 atom stereocenters. The highest BCUT2D eigenvalue weighted by Crippen LogP contribution is 2.28. The minimum absolute atomic E-state index is 0.00110. The number of hydrogen-bond acceptors (Lipinski definition) is 6. The van der Waals surface area contributed by atoms with Gasteiger partial charge in [-0.15, -0.1) is 0 Å². The third-order valence-electron chi connectivity index (χ3n) is 5.59. The van der Waals surface area contributed by atoms with Crippen LogP contribution in [0.15, 0.2) is 68.7 Å². The largest absolute Gasteiger partial charge is 0.460 e. The van der Waals surface area contributed by atoms with Crippen molar-refractivity contribution in [1.82, 2.24) is 9.13 Å². The molecule has 2 aromatic heterocycles. The second-order valence-electron chi connectivity index (χ2n) is 7.88. The van der Waals surface area contributed by atoms with E-state index in [0.29, 0.717) is 16.7 Å². The number of aryl methyl sites for hydroxylation is 3. The molecule has 0 saturated heterocycles. The molecule has 178 valence electrons. The SMILES string of the molecule is CCOC(=O)c1ccc(CN(c2ccc(C)cc2)S(=O)(=O)c2ccc3c(c2)n(C)c(=O)n3C)o1. The summed E-state index contributed by atoms with van der Waals surface area (Å²) in [6.45, 7) is 3.65. The lowest BCUT2D eigenvalue weighted by Gasteiger charge is -2.24. The first-order chi connectivity index (χ1) is 16.1. The molecular formula is C24H25N3O6S. The Kier molecular flexibility index (Phi) is 6.09. The van der Waals surface area contributed by atoms with Crippen LogP contribution < -0.4 is 9.99 Å². The fraction of sp³-hybridized carbons (Fsp3) is 0.250. The third-order valence-corrected chi connectivity index (χ3v) is 7.36. The van der Waals surface area contributed by atoms with Gasteiger partial charge in [-0.2, -0.15) is 0 Å². The Morgan fingerprint density at radius 3 is 2.35 bits per heavy atom. The van der Waals surface area contributed by atoms with Gasteiger partial charge in [0.25, 0.3) is 10.0 Å². The van der Waals surface area contributed by atoms with Crippen LogP contribution >= 0.6 is 0 Å². The molecule has 2 aromatic carbocycles. The number of ether oxygens (including phenoxy) is 1. The van der Waals surface area contributed by atoms with Crippen molar-refractivity contribution < 1.29 is 22.4 Å². The molecule has 0 aliphatic rings. The van der Waals surface area contributed by atoms with E-state index in [1.807, 2.05) is 19.1 Å². The van der Waals surface area contributed by atoms with Crippen LogP contribution in [-0.2, 0) is 35.4 Å². The predicted molar refractivity (Wildman–Crippen MR) is 127 cm³/mol. The Labute approximate surface area is 196 Å². The van der Waals surface area contributed by atoms with Crippen molar-refractivity contribution in [3.8, 4) is 0 Å². The molecule has 0 aliphatic heterocycles. The summed E-state index contributed by atoms with van der Waals surface area (Å²) >= 11 is 0. The standard InChI is InChI=1S/C24H25N3O6S/c1-5-32-23(28)22-13-10-18(33-22)15-27(17-8-6-16(2)7-9-17)34(30,31)19-11-12-20-21(14-19)26(4)24(29)25(20)3/h6-14H,5,15H2,1-4H3. The van der Waals surface area contributed by atoms with Gasteiger partial charge in [-0.1, -0.05) is 17.7 Å². The molecule has 0 unspecified atom stereocenters. The molecular weight excluding hydrogens is 458 g/mol. The molecule has 0 spiro atoms. The zero-order valence-electron chi connectivity index (χ0n) is 19.3. The van der Waals surface area contributed by atoms with E-state index in [2.05, 4.69) is 0 Å². The highest BCUT2D eigenvalue weighted by atomic mass is 32.2. The van der Waals surface area contributed by atoms with Crippen LogP contribution in [0.4, 0.5) is 5.69 Å². The van der Waals surface area contributed by atoms with Crippen molar-refractivity contribution >= 4 is 32.7 Å². The quantitative estimate of drug-likeness (QED) is 0.374. The molecule has 0 fully saturated rings. The zero-order valence-corrected chi connectivity index (χ0v) is 20.1. The molecule has 4 aromatic rings. The minimum atomic E-state index is -4.07. The van der Waals surface area contributed by atoms with Crippen LogP contribution in [0.5, 0.6) is 0 Å². The Morgan fingerprint density at radius 2 is 1.68 bits per heavy atom. The molecule has 2 heterocycles. The van der Waals surface area contributed by atoms with E-state index in [1.165, 1.54) is 31.6 Å². The average molecular weight is 484 g/mol. The number of fused-ring (bicyclic) bond motifs is 1. The smallest absolute Gasteiger partial charge is 0.374 e.